The van der Waals surface area contributed by atoms with E-state index >= 15 is 0 Å². The van der Waals surface area contributed by atoms with Crippen LogP contribution >= 0.6 is 23.4 Å². The highest BCUT2D eigenvalue weighted by molar-refractivity contribution is 7.98. The number of halogens is 2. The molecule has 100 valence electrons. The molecule has 2 aromatic rings. The third kappa shape index (κ3) is 3.96. The van der Waals surface area contributed by atoms with Gasteiger partial charge in [0.25, 0.3) is 0 Å². The average Bonchev–Trinajstić information content (AvgIpc) is 2.40. The van der Waals surface area contributed by atoms with Gasteiger partial charge in [-0.1, -0.05) is 23.7 Å². The quantitative estimate of drug-likeness (QED) is 0.821. The monoisotopic (exact) mass is 295 g/mol. The van der Waals surface area contributed by atoms with Gasteiger partial charge in [0, 0.05) is 21.7 Å². The Kier molecular flexibility index (Phi) is 4.86. The largest absolute Gasteiger partial charge is 0.324 e. The summed E-state index contributed by atoms with van der Waals surface area (Å²) in [7, 11) is 0. The van der Waals surface area contributed by atoms with Gasteiger partial charge < -0.3 is 5.73 Å². The van der Waals surface area contributed by atoms with Crippen LogP contribution in [0.25, 0.3) is 0 Å². The first-order valence-corrected chi connectivity index (χ1v) is 7.35. The lowest BCUT2D eigenvalue weighted by atomic mass is 10.1. The maximum atomic E-state index is 13.6. The Balaban J connectivity index is 2.10. The van der Waals surface area contributed by atoms with Crippen LogP contribution in [0, 0.1) is 5.82 Å². The van der Waals surface area contributed by atoms with Gasteiger partial charge in [-0.2, -0.15) is 0 Å². The molecule has 0 fully saturated rings. The number of benzene rings is 2. The van der Waals surface area contributed by atoms with Gasteiger partial charge in [0.1, 0.15) is 5.82 Å². The minimum absolute atomic E-state index is 0.00320. The molecule has 0 heterocycles. The predicted octanol–water partition coefficient (Wildman–Crippen LogP) is 4.79. The highest BCUT2D eigenvalue weighted by Crippen LogP contribution is 2.27. The lowest BCUT2D eigenvalue weighted by Gasteiger charge is -2.08. The Bertz CT molecular complexity index is 572. The number of hydrogen-bond acceptors (Lipinski definition) is 2. The molecule has 0 saturated heterocycles. The van der Waals surface area contributed by atoms with E-state index in [1.165, 1.54) is 6.07 Å². The highest BCUT2D eigenvalue weighted by atomic mass is 35.5. The van der Waals surface area contributed by atoms with Crippen LogP contribution in [-0.2, 0) is 5.75 Å². The minimum Gasteiger partial charge on any atom is -0.324 e. The molecule has 0 aliphatic heterocycles. The number of hydrogen-bond donors (Lipinski definition) is 1. The van der Waals surface area contributed by atoms with E-state index in [2.05, 4.69) is 0 Å². The second-order valence-electron chi connectivity index (χ2n) is 4.39. The fourth-order valence-corrected chi connectivity index (χ4v) is 2.83. The Morgan fingerprint density at radius 2 is 2.05 bits per heavy atom. The number of nitrogens with two attached hydrogens (primary N) is 1. The molecule has 0 amide bonds. The molecule has 0 radical (unpaired) electrons. The van der Waals surface area contributed by atoms with Crippen molar-refractivity contribution in [1.29, 1.82) is 0 Å². The zero-order valence-electron chi connectivity index (χ0n) is 10.6. The molecule has 1 atom stereocenters. The lowest BCUT2D eigenvalue weighted by molar-refractivity contribution is 0.617. The summed E-state index contributed by atoms with van der Waals surface area (Å²) in [5.41, 5.74) is 7.54. The van der Waals surface area contributed by atoms with E-state index in [4.69, 9.17) is 17.3 Å². The summed E-state index contributed by atoms with van der Waals surface area (Å²) in [6.07, 6.45) is 0. The summed E-state index contributed by atoms with van der Waals surface area (Å²) < 4.78 is 13.6. The number of rotatable bonds is 4. The van der Waals surface area contributed by atoms with Crippen molar-refractivity contribution in [3.8, 4) is 0 Å². The third-order valence-electron chi connectivity index (χ3n) is 2.79. The van der Waals surface area contributed by atoms with Crippen LogP contribution in [-0.4, -0.2) is 0 Å². The fraction of sp³-hybridized carbons (Fsp3) is 0.200. The Hall–Kier alpha value is -1.03. The van der Waals surface area contributed by atoms with E-state index in [-0.39, 0.29) is 11.9 Å². The molecule has 0 aromatic heterocycles. The zero-order chi connectivity index (χ0) is 13.8. The molecule has 0 saturated carbocycles. The molecule has 0 aliphatic carbocycles. The van der Waals surface area contributed by atoms with Gasteiger partial charge in [-0.05, 0) is 48.4 Å². The fourth-order valence-electron chi connectivity index (χ4n) is 1.70. The summed E-state index contributed by atoms with van der Waals surface area (Å²) in [5, 5.41) is 0.557. The van der Waals surface area contributed by atoms with Crippen LogP contribution in [0.15, 0.2) is 47.4 Å². The first-order valence-electron chi connectivity index (χ1n) is 5.98. The van der Waals surface area contributed by atoms with E-state index < -0.39 is 0 Å². The number of thioether (sulfide) groups is 1. The van der Waals surface area contributed by atoms with E-state index in [1.807, 2.05) is 31.2 Å². The maximum absolute atomic E-state index is 13.6. The summed E-state index contributed by atoms with van der Waals surface area (Å²) in [5.74, 6) is 0.328. The van der Waals surface area contributed by atoms with Crippen molar-refractivity contribution < 1.29 is 4.39 Å². The van der Waals surface area contributed by atoms with Crippen molar-refractivity contribution >= 4 is 23.4 Å². The van der Waals surface area contributed by atoms with E-state index in [0.717, 1.165) is 10.5 Å². The highest BCUT2D eigenvalue weighted by Gasteiger charge is 2.05. The topological polar surface area (TPSA) is 26.0 Å². The summed E-state index contributed by atoms with van der Waals surface area (Å²) in [6, 6.07) is 12.6. The van der Waals surface area contributed by atoms with Crippen LogP contribution < -0.4 is 5.73 Å². The molecule has 2 N–H and O–H groups in total. The average molecular weight is 296 g/mol. The van der Waals surface area contributed by atoms with Crippen LogP contribution in [0.1, 0.15) is 24.1 Å². The van der Waals surface area contributed by atoms with Crippen LogP contribution in [0.5, 0.6) is 0 Å². The molecule has 2 rings (SSSR count). The third-order valence-corrected chi connectivity index (χ3v) is 4.06. The molecule has 0 aliphatic rings. The van der Waals surface area contributed by atoms with Crippen molar-refractivity contribution in [1.82, 2.24) is 0 Å². The lowest BCUT2D eigenvalue weighted by Crippen LogP contribution is -2.04. The minimum atomic E-state index is -0.222. The van der Waals surface area contributed by atoms with E-state index in [9.17, 15) is 4.39 Å². The molecule has 19 heavy (non-hydrogen) atoms. The van der Waals surface area contributed by atoms with Crippen molar-refractivity contribution in [3.63, 3.8) is 0 Å². The van der Waals surface area contributed by atoms with Gasteiger partial charge in [0.2, 0.25) is 0 Å². The van der Waals surface area contributed by atoms with Gasteiger partial charge in [-0.3, -0.25) is 0 Å². The van der Waals surface area contributed by atoms with E-state index in [1.54, 1.807) is 23.9 Å². The molecule has 2 aromatic carbocycles. The second-order valence-corrected chi connectivity index (χ2v) is 5.87. The van der Waals surface area contributed by atoms with Gasteiger partial charge >= 0.3 is 0 Å². The van der Waals surface area contributed by atoms with Gasteiger partial charge in [0.05, 0.1) is 0 Å². The standard InChI is InChI=1S/C15H15ClFNS/c1-10(18)11-3-2-4-14(8-11)19-9-12-7-13(16)5-6-15(12)17/h2-8,10H,9,18H2,1H3. The molecular formula is C15H15ClFNS. The molecular weight excluding hydrogens is 281 g/mol. The molecule has 1 unspecified atom stereocenters. The zero-order valence-corrected chi connectivity index (χ0v) is 12.1. The first-order chi connectivity index (χ1) is 9.06. The molecule has 0 bridgehead atoms. The smallest absolute Gasteiger partial charge is 0.127 e. The van der Waals surface area contributed by atoms with Crippen LogP contribution in [0.4, 0.5) is 4.39 Å². The maximum Gasteiger partial charge on any atom is 0.127 e. The molecule has 4 heteroatoms. The van der Waals surface area contributed by atoms with Gasteiger partial charge in [0.15, 0.2) is 0 Å². The van der Waals surface area contributed by atoms with Crippen molar-refractivity contribution in [3.05, 3.63) is 64.4 Å². The first kappa shape index (κ1) is 14.4. The summed E-state index contributed by atoms with van der Waals surface area (Å²) in [6.45, 7) is 1.94. The van der Waals surface area contributed by atoms with Crippen LogP contribution in [0.2, 0.25) is 5.02 Å². The van der Waals surface area contributed by atoms with E-state index in [0.29, 0.717) is 16.3 Å². The Morgan fingerprint density at radius 3 is 2.79 bits per heavy atom. The predicted molar refractivity (Wildman–Crippen MR) is 80.0 cm³/mol. The normalized spacial score (nSPS) is 12.4. The van der Waals surface area contributed by atoms with Gasteiger partial charge in [-0.15, -0.1) is 11.8 Å². The van der Waals surface area contributed by atoms with Crippen LogP contribution in [0.3, 0.4) is 0 Å². The summed E-state index contributed by atoms with van der Waals surface area (Å²) >= 11 is 7.45. The Morgan fingerprint density at radius 1 is 1.26 bits per heavy atom. The molecule has 0 spiro atoms. The Labute approximate surface area is 122 Å². The SMILES string of the molecule is CC(N)c1cccc(SCc2cc(Cl)ccc2F)c1. The van der Waals surface area contributed by atoms with Crippen molar-refractivity contribution in [2.75, 3.05) is 0 Å². The summed E-state index contributed by atoms with van der Waals surface area (Å²) in [4.78, 5) is 1.08. The van der Waals surface area contributed by atoms with Gasteiger partial charge in [-0.25, -0.2) is 4.39 Å². The second kappa shape index (κ2) is 6.42. The van der Waals surface area contributed by atoms with Crippen molar-refractivity contribution in [2.24, 2.45) is 5.73 Å². The molecule has 1 nitrogen and oxygen atoms in total. The van der Waals surface area contributed by atoms with Crippen molar-refractivity contribution in [2.45, 2.75) is 23.6 Å².